The Morgan fingerprint density at radius 3 is 1.24 bits per heavy atom. The van der Waals surface area contributed by atoms with Crippen molar-refractivity contribution in [2.75, 3.05) is 21.5 Å². The van der Waals surface area contributed by atoms with Gasteiger partial charge in [-0.15, -0.1) is 0 Å². The standard InChI is InChI=1S/C34H30Cl2N6O4/c1-19-9-5-7-11-27(19)37-33(45)31(21(3)43)41-39-29-15-13-23(17-25(29)35)24-14-16-30(26(36)18-24)40-42-32(22(4)44)34(46)38-28-12-8-6-10-20(28)2/h5-18,39-40H,1-4H3,(H,37,45)(H,38,46)/b41-31-,42-32-. The van der Waals surface area contributed by atoms with Gasteiger partial charge in [-0.1, -0.05) is 71.7 Å². The Hall–Kier alpha value is -5.32. The zero-order valence-corrected chi connectivity index (χ0v) is 26.9. The van der Waals surface area contributed by atoms with Crippen molar-refractivity contribution in [3.8, 4) is 11.1 Å². The van der Waals surface area contributed by atoms with Crippen molar-refractivity contribution in [3.05, 3.63) is 106 Å². The van der Waals surface area contributed by atoms with E-state index >= 15 is 0 Å². The van der Waals surface area contributed by atoms with Gasteiger partial charge in [-0.2, -0.15) is 10.2 Å². The molecule has 0 aliphatic heterocycles. The van der Waals surface area contributed by atoms with Crippen LogP contribution < -0.4 is 21.5 Å². The Labute approximate surface area is 275 Å². The van der Waals surface area contributed by atoms with Crippen LogP contribution in [0.3, 0.4) is 0 Å². The third kappa shape index (κ3) is 8.44. The number of hydrogen-bond donors (Lipinski definition) is 4. The molecule has 0 saturated heterocycles. The highest BCUT2D eigenvalue weighted by Crippen LogP contribution is 2.33. The Morgan fingerprint density at radius 1 is 0.543 bits per heavy atom. The summed E-state index contributed by atoms with van der Waals surface area (Å²) >= 11 is 13.0. The van der Waals surface area contributed by atoms with Gasteiger partial charge >= 0.3 is 0 Å². The summed E-state index contributed by atoms with van der Waals surface area (Å²) in [5.41, 5.74) is 9.74. The van der Waals surface area contributed by atoms with Crippen molar-refractivity contribution < 1.29 is 19.2 Å². The number of hydrogen-bond acceptors (Lipinski definition) is 8. The van der Waals surface area contributed by atoms with Crippen molar-refractivity contribution in [2.24, 2.45) is 10.2 Å². The van der Waals surface area contributed by atoms with Gasteiger partial charge in [-0.25, -0.2) is 0 Å². The minimum atomic E-state index is -0.655. The first-order chi connectivity index (χ1) is 21.9. The van der Waals surface area contributed by atoms with Crippen molar-refractivity contribution in [1.29, 1.82) is 0 Å². The zero-order chi connectivity index (χ0) is 33.4. The SMILES string of the molecule is CC(=O)/C(=N/Nc1ccc(-c2ccc(N/N=C(/C(C)=O)C(=O)Nc3ccccc3C)c(Cl)c2)cc1Cl)C(=O)Nc1ccccc1C. The van der Waals surface area contributed by atoms with Crippen LogP contribution in [0.2, 0.25) is 10.0 Å². The fourth-order valence-electron chi connectivity index (χ4n) is 4.17. The average Bonchev–Trinajstić information content (AvgIpc) is 3.00. The third-order valence-electron chi connectivity index (χ3n) is 6.73. The molecule has 4 aromatic rings. The molecule has 0 radical (unpaired) electrons. The first kappa shape index (κ1) is 33.6. The number of Topliss-reactive ketones (excluding diaryl/α,β-unsaturated/α-hetero) is 2. The van der Waals surface area contributed by atoms with E-state index in [1.807, 2.05) is 38.1 Å². The number of rotatable bonds is 11. The monoisotopic (exact) mass is 656 g/mol. The van der Waals surface area contributed by atoms with E-state index in [9.17, 15) is 19.2 Å². The lowest BCUT2D eigenvalue weighted by Gasteiger charge is -2.11. The molecule has 234 valence electrons. The minimum absolute atomic E-state index is 0.275. The predicted molar refractivity (Wildman–Crippen MR) is 185 cm³/mol. The number of halogens is 2. The number of amides is 2. The van der Waals surface area contributed by atoms with Crippen LogP contribution in [-0.4, -0.2) is 34.8 Å². The van der Waals surface area contributed by atoms with Crippen molar-refractivity contribution in [3.63, 3.8) is 0 Å². The lowest BCUT2D eigenvalue weighted by atomic mass is 10.0. The largest absolute Gasteiger partial charge is 0.320 e. The molecule has 12 heteroatoms. The van der Waals surface area contributed by atoms with Gasteiger partial charge in [-0.05, 0) is 72.5 Å². The second kappa shape index (κ2) is 15.1. The van der Waals surface area contributed by atoms with Gasteiger partial charge in [0.05, 0.1) is 21.4 Å². The molecule has 0 aliphatic rings. The number of nitrogens with zero attached hydrogens (tertiary/aromatic N) is 2. The van der Waals surface area contributed by atoms with Crippen LogP contribution in [0.25, 0.3) is 11.1 Å². The maximum Gasteiger partial charge on any atom is 0.279 e. The van der Waals surface area contributed by atoms with E-state index in [0.29, 0.717) is 33.9 Å². The summed E-state index contributed by atoms with van der Waals surface area (Å²) in [6.07, 6.45) is 0. The first-order valence-corrected chi connectivity index (χ1v) is 14.7. The molecule has 0 unspecified atom stereocenters. The Kier molecular flexibility index (Phi) is 11.0. The highest BCUT2D eigenvalue weighted by Gasteiger charge is 2.19. The van der Waals surface area contributed by atoms with Gasteiger partial charge in [0.25, 0.3) is 11.8 Å². The number of aryl methyl sites for hydroxylation is 2. The highest BCUT2D eigenvalue weighted by molar-refractivity contribution is 6.67. The molecule has 0 atom stereocenters. The van der Waals surface area contributed by atoms with Crippen molar-refractivity contribution >= 4 is 80.8 Å². The summed E-state index contributed by atoms with van der Waals surface area (Å²) in [5, 5.41) is 14.0. The van der Waals surface area contributed by atoms with Crippen molar-refractivity contribution in [2.45, 2.75) is 27.7 Å². The van der Waals surface area contributed by atoms with Gasteiger partial charge in [-0.3, -0.25) is 30.0 Å². The fourth-order valence-corrected chi connectivity index (χ4v) is 4.62. The number of carbonyl (C=O) groups excluding carboxylic acids is 4. The van der Waals surface area contributed by atoms with E-state index in [1.54, 1.807) is 60.7 Å². The highest BCUT2D eigenvalue weighted by atomic mass is 35.5. The Morgan fingerprint density at radius 2 is 0.913 bits per heavy atom. The molecule has 4 rings (SSSR count). The molecular formula is C34H30Cl2N6O4. The third-order valence-corrected chi connectivity index (χ3v) is 7.36. The lowest BCUT2D eigenvalue weighted by Crippen LogP contribution is -2.29. The molecule has 0 fully saturated rings. The van der Waals surface area contributed by atoms with E-state index in [-0.39, 0.29) is 21.5 Å². The Bertz CT molecular complexity index is 1770. The van der Waals surface area contributed by atoms with Gasteiger partial charge in [0.1, 0.15) is 0 Å². The van der Waals surface area contributed by atoms with Crippen LogP contribution in [0, 0.1) is 13.8 Å². The minimum Gasteiger partial charge on any atom is -0.320 e. The molecule has 4 N–H and O–H groups in total. The van der Waals surface area contributed by atoms with Crippen molar-refractivity contribution in [1.82, 2.24) is 0 Å². The number of ketones is 2. The van der Waals surface area contributed by atoms with E-state index in [4.69, 9.17) is 23.2 Å². The molecular weight excluding hydrogens is 627 g/mol. The Balaban J connectivity index is 1.47. The fraction of sp³-hybridized carbons (Fsp3) is 0.118. The van der Waals surface area contributed by atoms with Crippen LogP contribution in [0.4, 0.5) is 22.7 Å². The van der Waals surface area contributed by atoms with Gasteiger partial charge in [0.2, 0.25) is 0 Å². The molecule has 4 aromatic carbocycles. The summed E-state index contributed by atoms with van der Waals surface area (Å²) in [6.45, 7) is 6.17. The molecule has 2 amide bonds. The normalized spacial score (nSPS) is 11.4. The number of anilines is 4. The molecule has 0 heterocycles. The van der Waals surface area contributed by atoms with E-state index in [0.717, 1.165) is 11.1 Å². The molecule has 0 spiro atoms. The van der Waals surface area contributed by atoms with Crippen LogP contribution in [0.15, 0.2) is 95.1 Å². The number of para-hydroxylation sites is 2. The first-order valence-electron chi connectivity index (χ1n) is 14.0. The summed E-state index contributed by atoms with van der Waals surface area (Å²) < 4.78 is 0. The summed E-state index contributed by atoms with van der Waals surface area (Å²) in [5.74, 6) is -2.36. The number of benzene rings is 4. The molecule has 0 aliphatic carbocycles. The van der Waals surface area contributed by atoms with Gasteiger partial charge in [0, 0.05) is 25.2 Å². The molecule has 0 aromatic heterocycles. The second-order valence-corrected chi connectivity index (χ2v) is 11.0. The van der Waals surface area contributed by atoms with E-state index in [2.05, 4.69) is 31.7 Å². The second-order valence-electron chi connectivity index (χ2n) is 10.2. The summed E-state index contributed by atoms with van der Waals surface area (Å²) in [6, 6.07) is 24.5. The summed E-state index contributed by atoms with van der Waals surface area (Å²) in [4.78, 5) is 49.9. The van der Waals surface area contributed by atoms with Crippen LogP contribution in [0.5, 0.6) is 0 Å². The topological polar surface area (TPSA) is 141 Å². The number of nitrogens with one attached hydrogen (secondary N) is 4. The van der Waals surface area contributed by atoms with Gasteiger partial charge < -0.3 is 10.6 Å². The maximum absolute atomic E-state index is 12.8. The molecule has 10 nitrogen and oxygen atoms in total. The maximum atomic E-state index is 12.8. The van der Waals surface area contributed by atoms with Crippen LogP contribution in [0.1, 0.15) is 25.0 Å². The molecule has 0 saturated carbocycles. The summed E-state index contributed by atoms with van der Waals surface area (Å²) in [7, 11) is 0. The molecule has 0 bridgehead atoms. The average molecular weight is 658 g/mol. The quantitative estimate of drug-likeness (QED) is 0.0760. The van der Waals surface area contributed by atoms with E-state index < -0.39 is 23.4 Å². The molecule has 46 heavy (non-hydrogen) atoms. The zero-order valence-electron chi connectivity index (χ0n) is 25.4. The smallest absolute Gasteiger partial charge is 0.279 e. The van der Waals surface area contributed by atoms with Gasteiger partial charge in [0.15, 0.2) is 23.0 Å². The van der Waals surface area contributed by atoms with E-state index in [1.165, 1.54) is 13.8 Å². The lowest BCUT2D eigenvalue weighted by molar-refractivity contribution is -0.116. The van der Waals surface area contributed by atoms with Crippen LogP contribution >= 0.6 is 23.2 Å². The van der Waals surface area contributed by atoms with Crippen LogP contribution in [-0.2, 0) is 19.2 Å². The predicted octanol–water partition coefficient (Wildman–Crippen LogP) is 7.27. The number of hydrazone groups is 2. The number of carbonyl (C=O) groups is 4.